The Morgan fingerprint density at radius 2 is 1.95 bits per heavy atom. The van der Waals surface area contributed by atoms with E-state index in [0.717, 1.165) is 16.9 Å². The third kappa shape index (κ3) is 3.54. The van der Waals surface area contributed by atoms with Crippen LogP contribution in [0.25, 0.3) is 0 Å². The molecule has 1 aromatic carbocycles. The topological polar surface area (TPSA) is 57.6 Å². The summed E-state index contributed by atoms with van der Waals surface area (Å²) in [4.78, 5) is 25.3. The SMILES string of the molecule is Cc1cc(C)cc(C(=O)N2CCSCC2CC(=O)O)c1. The fourth-order valence-electron chi connectivity index (χ4n) is 2.56. The zero-order valence-corrected chi connectivity index (χ0v) is 12.6. The number of carboxylic acids is 1. The van der Waals surface area contributed by atoms with E-state index in [-0.39, 0.29) is 18.4 Å². The van der Waals surface area contributed by atoms with Crippen LogP contribution in [0.3, 0.4) is 0 Å². The van der Waals surface area contributed by atoms with Crippen molar-refractivity contribution in [3.63, 3.8) is 0 Å². The number of hydrogen-bond acceptors (Lipinski definition) is 3. The Kier molecular flexibility index (Phi) is 4.70. The second kappa shape index (κ2) is 6.31. The van der Waals surface area contributed by atoms with Crippen molar-refractivity contribution in [3.8, 4) is 0 Å². The molecule has 1 N–H and O–H groups in total. The quantitative estimate of drug-likeness (QED) is 0.929. The maximum Gasteiger partial charge on any atom is 0.305 e. The van der Waals surface area contributed by atoms with Gasteiger partial charge in [0.25, 0.3) is 5.91 Å². The summed E-state index contributed by atoms with van der Waals surface area (Å²) >= 11 is 1.71. The molecular formula is C15H19NO3S. The molecule has 1 aliphatic heterocycles. The molecule has 1 aliphatic rings. The highest BCUT2D eigenvalue weighted by Gasteiger charge is 2.29. The average molecular weight is 293 g/mol. The van der Waals surface area contributed by atoms with Crippen LogP contribution in [0.15, 0.2) is 18.2 Å². The number of rotatable bonds is 3. The Hall–Kier alpha value is -1.49. The van der Waals surface area contributed by atoms with Crippen LogP contribution in [0.4, 0.5) is 0 Å². The van der Waals surface area contributed by atoms with Crippen molar-refractivity contribution < 1.29 is 14.7 Å². The monoisotopic (exact) mass is 293 g/mol. The lowest BCUT2D eigenvalue weighted by Gasteiger charge is -2.34. The Morgan fingerprint density at radius 3 is 2.55 bits per heavy atom. The summed E-state index contributed by atoms with van der Waals surface area (Å²) in [6.45, 7) is 4.55. The van der Waals surface area contributed by atoms with Crippen molar-refractivity contribution >= 4 is 23.6 Å². The predicted molar refractivity (Wildman–Crippen MR) is 80.3 cm³/mol. The Morgan fingerprint density at radius 1 is 1.30 bits per heavy atom. The summed E-state index contributed by atoms with van der Waals surface area (Å²) in [5, 5.41) is 8.98. The van der Waals surface area contributed by atoms with Gasteiger partial charge in [0.05, 0.1) is 12.5 Å². The van der Waals surface area contributed by atoms with Gasteiger partial charge in [0.15, 0.2) is 0 Å². The fraction of sp³-hybridized carbons (Fsp3) is 0.467. The van der Waals surface area contributed by atoms with Gasteiger partial charge in [-0.25, -0.2) is 0 Å². The molecule has 0 bridgehead atoms. The third-order valence-corrected chi connectivity index (χ3v) is 4.46. The number of aryl methyl sites for hydroxylation is 2. The summed E-state index contributed by atoms with van der Waals surface area (Å²) in [5.41, 5.74) is 2.76. The number of amides is 1. The Balaban J connectivity index is 2.22. The molecule has 0 spiro atoms. The molecule has 1 fully saturated rings. The van der Waals surface area contributed by atoms with Crippen LogP contribution >= 0.6 is 11.8 Å². The highest BCUT2D eigenvalue weighted by molar-refractivity contribution is 7.99. The number of carboxylic acid groups (broad SMARTS) is 1. The van der Waals surface area contributed by atoms with E-state index < -0.39 is 5.97 Å². The van der Waals surface area contributed by atoms with E-state index >= 15 is 0 Å². The molecule has 108 valence electrons. The van der Waals surface area contributed by atoms with E-state index in [9.17, 15) is 9.59 Å². The van der Waals surface area contributed by atoms with E-state index in [2.05, 4.69) is 0 Å². The van der Waals surface area contributed by atoms with E-state index in [0.29, 0.717) is 17.9 Å². The smallest absolute Gasteiger partial charge is 0.305 e. The zero-order valence-electron chi connectivity index (χ0n) is 11.8. The van der Waals surface area contributed by atoms with Gasteiger partial charge in [0, 0.05) is 23.6 Å². The minimum absolute atomic E-state index is 0.0174. The van der Waals surface area contributed by atoms with Gasteiger partial charge >= 0.3 is 5.97 Å². The van der Waals surface area contributed by atoms with E-state index in [1.165, 1.54) is 0 Å². The average Bonchev–Trinajstić information content (AvgIpc) is 2.36. The van der Waals surface area contributed by atoms with Gasteiger partial charge in [0.1, 0.15) is 0 Å². The van der Waals surface area contributed by atoms with Gasteiger partial charge in [0.2, 0.25) is 0 Å². The number of nitrogens with zero attached hydrogens (tertiary/aromatic N) is 1. The van der Waals surface area contributed by atoms with Gasteiger partial charge in [-0.15, -0.1) is 0 Å². The number of thioether (sulfide) groups is 1. The summed E-state index contributed by atoms with van der Waals surface area (Å²) < 4.78 is 0. The van der Waals surface area contributed by atoms with Gasteiger partial charge in [-0.05, 0) is 26.0 Å². The lowest BCUT2D eigenvalue weighted by atomic mass is 10.1. The molecule has 1 heterocycles. The van der Waals surface area contributed by atoms with Crippen molar-refractivity contribution in [1.29, 1.82) is 0 Å². The molecule has 0 radical (unpaired) electrons. The zero-order chi connectivity index (χ0) is 14.7. The summed E-state index contributed by atoms with van der Waals surface area (Å²) in [6, 6.07) is 5.56. The molecular weight excluding hydrogens is 274 g/mol. The molecule has 1 amide bonds. The largest absolute Gasteiger partial charge is 0.481 e. The molecule has 20 heavy (non-hydrogen) atoms. The van der Waals surface area contributed by atoms with E-state index in [4.69, 9.17) is 5.11 Å². The fourth-order valence-corrected chi connectivity index (χ4v) is 3.62. The highest BCUT2D eigenvalue weighted by Crippen LogP contribution is 2.22. The molecule has 1 aromatic rings. The van der Waals surface area contributed by atoms with E-state index in [1.807, 2.05) is 32.0 Å². The van der Waals surface area contributed by atoms with Crippen molar-refractivity contribution in [2.24, 2.45) is 0 Å². The third-order valence-electron chi connectivity index (χ3n) is 3.37. The van der Waals surface area contributed by atoms with E-state index in [1.54, 1.807) is 16.7 Å². The lowest BCUT2D eigenvalue weighted by molar-refractivity contribution is -0.138. The minimum atomic E-state index is -0.851. The molecule has 1 saturated heterocycles. The molecule has 0 aromatic heterocycles. The van der Waals surface area contributed by atoms with Crippen molar-refractivity contribution in [2.75, 3.05) is 18.1 Å². The molecule has 0 saturated carbocycles. The summed E-state index contributed by atoms with van der Waals surface area (Å²) in [7, 11) is 0. The maximum absolute atomic E-state index is 12.6. The van der Waals surface area contributed by atoms with Crippen LogP contribution in [0.5, 0.6) is 0 Å². The Bertz CT molecular complexity index is 510. The number of carbonyl (C=O) groups excluding carboxylic acids is 1. The molecule has 2 rings (SSSR count). The van der Waals surface area contributed by atoms with Crippen LogP contribution in [0.2, 0.25) is 0 Å². The van der Waals surface area contributed by atoms with Gasteiger partial charge in [-0.2, -0.15) is 11.8 Å². The van der Waals surface area contributed by atoms with Crippen molar-refractivity contribution in [3.05, 3.63) is 34.9 Å². The summed E-state index contributed by atoms with van der Waals surface area (Å²) in [6.07, 6.45) is 0.0174. The molecule has 1 unspecified atom stereocenters. The summed E-state index contributed by atoms with van der Waals surface area (Å²) in [5.74, 6) is 0.661. The minimum Gasteiger partial charge on any atom is -0.481 e. The van der Waals surface area contributed by atoms with Gasteiger partial charge < -0.3 is 10.0 Å². The maximum atomic E-state index is 12.6. The van der Waals surface area contributed by atoms with Crippen LogP contribution in [0.1, 0.15) is 27.9 Å². The van der Waals surface area contributed by atoms with Crippen molar-refractivity contribution in [2.45, 2.75) is 26.3 Å². The highest BCUT2D eigenvalue weighted by atomic mass is 32.2. The number of benzene rings is 1. The lowest BCUT2D eigenvalue weighted by Crippen LogP contribution is -2.47. The standard InChI is InChI=1S/C15H19NO3S/c1-10-5-11(2)7-12(6-10)15(19)16-3-4-20-9-13(16)8-14(17)18/h5-7,13H,3-4,8-9H2,1-2H3,(H,17,18). The normalized spacial score (nSPS) is 18.9. The first-order chi connectivity index (χ1) is 9.47. The van der Waals surface area contributed by atoms with Crippen LogP contribution in [-0.2, 0) is 4.79 Å². The number of hydrogen-bond donors (Lipinski definition) is 1. The van der Waals surface area contributed by atoms with Crippen LogP contribution < -0.4 is 0 Å². The molecule has 0 aliphatic carbocycles. The van der Waals surface area contributed by atoms with Gasteiger partial charge in [-0.3, -0.25) is 9.59 Å². The number of aliphatic carboxylic acids is 1. The van der Waals surface area contributed by atoms with Gasteiger partial charge in [-0.1, -0.05) is 17.2 Å². The molecule has 1 atom stereocenters. The molecule has 4 nitrogen and oxygen atoms in total. The first-order valence-corrected chi connectivity index (χ1v) is 7.81. The molecule has 5 heteroatoms. The first-order valence-electron chi connectivity index (χ1n) is 6.66. The van der Waals surface area contributed by atoms with Crippen molar-refractivity contribution in [1.82, 2.24) is 4.90 Å². The number of carbonyl (C=O) groups is 2. The second-order valence-electron chi connectivity index (χ2n) is 5.20. The predicted octanol–water partition coefficient (Wildman–Crippen LogP) is 2.34. The van der Waals surface area contributed by atoms with Crippen LogP contribution in [-0.4, -0.2) is 46.0 Å². The first kappa shape index (κ1) is 14.9. The Labute approximate surface area is 123 Å². The van der Waals surface area contributed by atoms with Crippen LogP contribution in [0, 0.1) is 13.8 Å². The second-order valence-corrected chi connectivity index (χ2v) is 6.35.